The van der Waals surface area contributed by atoms with Gasteiger partial charge < -0.3 is 14.8 Å². The molecule has 0 spiro atoms. The van der Waals surface area contributed by atoms with Gasteiger partial charge in [-0.15, -0.1) is 12.4 Å². The summed E-state index contributed by atoms with van der Waals surface area (Å²) in [5.41, 5.74) is 1.05. The maximum absolute atomic E-state index is 6.43. The van der Waals surface area contributed by atoms with Crippen LogP contribution in [-0.2, 0) is 6.54 Å². The predicted molar refractivity (Wildman–Crippen MR) is 104 cm³/mol. The number of nitrogens with one attached hydrogen (secondary N) is 1. The lowest BCUT2D eigenvalue weighted by molar-refractivity contribution is 0.278. The quantitative estimate of drug-likeness (QED) is 0.619. The molecule has 5 heteroatoms. The molecule has 0 amide bonds. The summed E-state index contributed by atoms with van der Waals surface area (Å²) in [5.74, 6) is 2.14. The van der Waals surface area contributed by atoms with Crippen LogP contribution in [0.25, 0.3) is 0 Å². The fourth-order valence-corrected chi connectivity index (χ4v) is 3.32. The molecule has 1 N–H and O–H groups in total. The molecule has 1 aliphatic carbocycles. The highest BCUT2D eigenvalue weighted by Crippen LogP contribution is 2.34. The molecule has 0 aliphatic heterocycles. The molecular formula is C19H29Cl2NO2. The van der Waals surface area contributed by atoms with E-state index in [1.807, 2.05) is 19.1 Å². The highest BCUT2D eigenvalue weighted by atomic mass is 35.5. The van der Waals surface area contributed by atoms with Gasteiger partial charge in [0.15, 0.2) is 11.5 Å². The van der Waals surface area contributed by atoms with Gasteiger partial charge in [0.25, 0.3) is 0 Å². The monoisotopic (exact) mass is 373 g/mol. The van der Waals surface area contributed by atoms with E-state index < -0.39 is 0 Å². The standard InChI is InChI=1S/C19H28ClNO2.ClH/c1-4-10-23-19-12-16(20)15(11-18(19)22-5-2)13-21-17-9-7-6-8-14(17)3;/h4,11-12,14,17,21H,1,5-10,13H2,2-3H3;1H. The van der Waals surface area contributed by atoms with E-state index in [9.17, 15) is 0 Å². The molecule has 1 aliphatic rings. The third-order valence-corrected chi connectivity index (χ3v) is 4.79. The van der Waals surface area contributed by atoms with Gasteiger partial charge in [-0.25, -0.2) is 0 Å². The van der Waals surface area contributed by atoms with Crippen molar-refractivity contribution < 1.29 is 9.47 Å². The molecule has 1 fully saturated rings. The molecular weight excluding hydrogens is 345 g/mol. The van der Waals surface area contributed by atoms with Crippen LogP contribution in [0.1, 0.15) is 45.1 Å². The summed E-state index contributed by atoms with van der Waals surface area (Å²) in [5, 5.41) is 4.38. The first-order chi connectivity index (χ1) is 11.2. The summed E-state index contributed by atoms with van der Waals surface area (Å²) < 4.78 is 11.3. The smallest absolute Gasteiger partial charge is 0.163 e. The Hall–Kier alpha value is -0.900. The van der Waals surface area contributed by atoms with E-state index in [-0.39, 0.29) is 12.4 Å². The number of rotatable bonds is 8. The molecule has 0 radical (unpaired) electrons. The second-order valence-corrected chi connectivity index (χ2v) is 6.58. The predicted octanol–water partition coefficient (Wildman–Crippen LogP) is 5.39. The molecule has 0 aromatic heterocycles. The Kier molecular flexibility index (Phi) is 9.57. The molecule has 0 heterocycles. The van der Waals surface area contributed by atoms with E-state index >= 15 is 0 Å². The zero-order chi connectivity index (χ0) is 16.7. The molecule has 1 aromatic rings. The van der Waals surface area contributed by atoms with Gasteiger partial charge in [0.2, 0.25) is 0 Å². The van der Waals surface area contributed by atoms with Crippen LogP contribution >= 0.6 is 24.0 Å². The lowest BCUT2D eigenvalue weighted by atomic mass is 9.86. The fraction of sp³-hybridized carbons (Fsp3) is 0.579. The Morgan fingerprint density at radius 1 is 1.25 bits per heavy atom. The molecule has 24 heavy (non-hydrogen) atoms. The van der Waals surface area contributed by atoms with Crippen LogP contribution in [0.2, 0.25) is 5.02 Å². The Morgan fingerprint density at radius 3 is 2.62 bits per heavy atom. The van der Waals surface area contributed by atoms with Crippen molar-refractivity contribution in [3.63, 3.8) is 0 Å². The van der Waals surface area contributed by atoms with Crippen molar-refractivity contribution in [3.8, 4) is 11.5 Å². The van der Waals surface area contributed by atoms with Crippen LogP contribution < -0.4 is 14.8 Å². The minimum absolute atomic E-state index is 0. The van der Waals surface area contributed by atoms with Crippen molar-refractivity contribution in [1.29, 1.82) is 0 Å². The molecule has 3 nitrogen and oxygen atoms in total. The van der Waals surface area contributed by atoms with Gasteiger partial charge in [0, 0.05) is 23.7 Å². The highest BCUT2D eigenvalue weighted by Gasteiger charge is 2.21. The van der Waals surface area contributed by atoms with Gasteiger partial charge >= 0.3 is 0 Å². The largest absolute Gasteiger partial charge is 0.490 e. The van der Waals surface area contributed by atoms with E-state index in [0.717, 1.165) is 23.8 Å². The van der Waals surface area contributed by atoms with Gasteiger partial charge in [-0.05, 0) is 37.3 Å². The van der Waals surface area contributed by atoms with E-state index in [2.05, 4.69) is 18.8 Å². The second kappa shape index (κ2) is 10.9. The van der Waals surface area contributed by atoms with Gasteiger partial charge in [-0.3, -0.25) is 0 Å². The van der Waals surface area contributed by atoms with Crippen molar-refractivity contribution >= 4 is 24.0 Å². The van der Waals surface area contributed by atoms with Gasteiger partial charge in [0.05, 0.1) is 6.61 Å². The number of ether oxygens (including phenoxy) is 2. The minimum atomic E-state index is 0. The summed E-state index contributed by atoms with van der Waals surface area (Å²) in [6.45, 7) is 9.76. The number of halogens is 2. The van der Waals surface area contributed by atoms with Crippen molar-refractivity contribution in [2.45, 2.75) is 52.1 Å². The zero-order valence-corrected chi connectivity index (χ0v) is 16.2. The highest BCUT2D eigenvalue weighted by molar-refractivity contribution is 6.31. The Balaban J connectivity index is 0.00000288. The maximum Gasteiger partial charge on any atom is 0.163 e. The first-order valence-electron chi connectivity index (χ1n) is 8.58. The third-order valence-electron chi connectivity index (χ3n) is 4.44. The van der Waals surface area contributed by atoms with Crippen molar-refractivity contribution in [3.05, 3.63) is 35.4 Å². The van der Waals surface area contributed by atoms with E-state index in [0.29, 0.717) is 30.0 Å². The molecule has 2 atom stereocenters. The molecule has 2 rings (SSSR count). The molecule has 2 unspecified atom stereocenters. The summed E-state index contributed by atoms with van der Waals surface area (Å²) in [4.78, 5) is 0. The average Bonchev–Trinajstić information content (AvgIpc) is 2.55. The Labute approximate surface area is 157 Å². The number of hydrogen-bond acceptors (Lipinski definition) is 3. The molecule has 0 saturated heterocycles. The molecule has 136 valence electrons. The molecule has 1 saturated carbocycles. The van der Waals surface area contributed by atoms with E-state index in [1.165, 1.54) is 25.7 Å². The second-order valence-electron chi connectivity index (χ2n) is 6.17. The van der Waals surface area contributed by atoms with Gasteiger partial charge in [-0.1, -0.05) is 44.0 Å². The number of hydrogen-bond donors (Lipinski definition) is 1. The van der Waals surface area contributed by atoms with Crippen molar-refractivity contribution in [1.82, 2.24) is 5.32 Å². The van der Waals surface area contributed by atoms with Gasteiger partial charge in [-0.2, -0.15) is 0 Å². The normalized spacial score (nSPS) is 20.1. The first kappa shape index (κ1) is 21.1. The van der Waals surface area contributed by atoms with Crippen LogP contribution in [0.4, 0.5) is 0 Å². The molecule has 1 aromatic carbocycles. The van der Waals surface area contributed by atoms with Crippen LogP contribution in [0.3, 0.4) is 0 Å². The van der Waals surface area contributed by atoms with Crippen molar-refractivity contribution in [2.75, 3.05) is 13.2 Å². The van der Waals surface area contributed by atoms with E-state index in [1.54, 1.807) is 6.08 Å². The summed E-state index contributed by atoms with van der Waals surface area (Å²) >= 11 is 6.43. The lowest BCUT2D eigenvalue weighted by Crippen LogP contribution is -2.36. The Bertz CT molecular complexity index is 522. The maximum atomic E-state index is 6.43. The SMILES string of the molecule is C=CCOc1cc(Cl)c(CNC2CCCCC2C)cc1OCC.Cl. The van der Waals surface area contributed by atoms with Crippen LogP contribution in [0, 0.1) is 5.92 Å². The van der Waals surface area contributed by atoms with Crippen LogP contribution in [-0.4, -0.2) is 19.3 Å². The Morgan fingerprint density at radius 2 is 1.96 bits per heavy atom. The minimum Gasteiger partial charge on any atom is -0.490 e. The van der Waals surface area contributed by atoms with E-state index in [4.69, 9.17) is 21.1 Å². The third kappa shape index (κ3) is 5.87. The lowest BCUT2D eigenvalue weighted by Gasteiger charge is -2.30. The fourth-order valence-electron chi connectivity index (χ4n) is 3.10. The van der Waals surface area contributed by atoms with Crippen LogP contribution in [0.15, 0.2) is 24.8 Å². The first-order valence-corrected chi connectivity index (χ1v) is 8.95. The molecule has 0 bridgehead atoms. The summed E-state index contributed by atoms with van der Waals surface area (Å²) in [7, 11) is 0. The topological polar surface area (TPSA) is 30.5 Å². The summed E-state index contributed by atoms with van der Waals surface area (Å²) in [6, 6.07) is 4.41. The summed E-state index contributed by atoms with van der Waals surface area (Å²) in [6.07, 6.45) is 6.93. The van der Waals surface area contributed by atoms with Crippen LogP contribution in [0.5, 0.6) is 11.5 Å². The van der Waals surface area contributed by atoms with Crippen molar-refractivity contribution in [2.24, 2.45) is 5.92 Å². The average molecular weight is 374 g/mol. The van der Waals surface area contributed by atoms with Gasteiger partial charge in [0.1, 0.15) is 6.61 Å². The zero-order valence-electron chi connectivity index (χ0n) is 14.6. The number of benzene rings is 1.